The van der Waals surface area contributed by atoms with E-state index in [0.29, 0.717) is 24.8 Å². The number of anilines is 1. The molecule has 0 spiro atoms. The van der Waals surface area contributed by atoms with Crippen molar-refractivity contribution in [1.29, 1.82) is 0 Å². The number of pyridine rings is 1. The molecule has 2 heterocycles. The Bertz CT molecular complexity index is 754. The third-order valence-corrected chi connectivity index (χ3v) is 4.64. The predicted molar refractivity (Wildman–Crippen MR) is 91.1 cm³/mol. The lowest BCUT2D eigenvalue weighted by Gasteiger charge is -2.15. The van der Waals surface area contributed by atoms with Gasteiger partial charge in [-0.05, 0) is 30.5 Å². The van der Waals surface area contributed by atoms with Gasteiger partial charge in [0.25, 0.3) is 0 Å². The van der Waals surface area contributed by atoms with Gasteiger partial charge in [0.15, 0.2) is 0 Å². The molecule has 1 atom stereocenters. The van der Waals surface area contributed by atoms with Crippen LogP contribution in [-0.4, -0.2) is 34.3 Å². The molecule has 1 aromatic heterocycles. The molecule has 24 heavy (non-hydrogen) atoms. The van der Waals surface area contributed by atoms with Crippen LogP contribution in [0.3, 0.4) is 0 Å². The molecular formula is C19H19N3O2. The molecule has 2 amide bonds. The number of benzene rings is 1. The van der Waals surface area contributed by atoms with Crippen LogP contribution in [0.1, 0.15) is 19.3 Å². The molecule has 5 heteroatoms. The summed E-state index contributed by atoms with van der Waals surface area (Å²) in [6, 6.07) is 14.1. The molecule has 1 N–H and O–H groups in total. The molecule has 2 fully saturated rings. The minimum absolute atomic E-state index is 0.102. The Hall–Kier alpha value is -2.69. The van der Waals surface area contributed by atoms with E-state index in [0.717, 1.165) is 24.0 Å². The van der Waals surface area contributed by atoms with Crippen LogP contribution in [0.2, 0.25) is 0 Å². The van der Waals surface area contributed by atoms with Gasteiger partial charge in [-0.25, -0.2) is 4.98 Å². The van der Waals surface area contributed by atoms with Crippen LogP contribution in [0.4, 0.5) is 5.82 Å². The molecular weight excluding hydrogens is 302 g/mol. The number of hydrogen-bond donors (Lipinski definition) is 1. The van der Waals surface area contributed by atoms with Gasteiger partial charge in [-0.15, -0.1) is 0 Å². The van der Waals surface area contributed by atoms with Gasteiger partial charge < -0.3 is 10.2 Å². The van der Waals surface area contributed by atoms with Gasteiger partial charge in [0.2, 0.25) is 11.8 Å². The van der Waals surface area contributed by atoms with E-state index in [9.17, 15) is 9.59 Å². The maximum Gasteiger partial charge on any atom is 0.230 e. The molecule has 2 aromatic rings. The van der Waals surface area contributed by atoms with Crippen molar-refractivity contribution in [1.82, 2.24) is 9.88 Å². The van der Waals surface area contributed by atoms with Crippen molar-refractivity contribution in [3.05, 3.63) is 48.7 Å². The zero-order valence-corrected chi connectivity index (χ0v) is 13.3. The minimum atomic E-state index is -0.270. The SMILES string of the molecule is O=C(Nc1ccc(-c2ccccc2)cn1)[C@H]1CC(=O)N(C2CC2)C1. The zero-order chi connectivity index (χ0) is 16.5. The fraction of sp³-hybridized carbons (Fsp3) is 0.316. The van der Waals surface area contributed by atoms with Crippen LogP contribution in [-0.2, 0) is 9.59 Å². The van der Waals surface area contributed by atoms with Gasteiger partial charge in [-0.2, -0.15) is 0 Å². The molecule has 0 radical (unpaired) electrons. The molecule has 0 unspecified atom stereocenters. The summed E-state index contributed by atoms with van der Waals surface area (Å²) in [6.45, 7) is 0.539. The summed E-state index contributed by atoms with van der Waals surface area (Å²) in [5.41, 5.74) is 2.09. The lowest BCUT2D eigenvalue weighted by atomic mass is 10.1. The van der Waals surface area contributed by atoms with Gasteiger partial charge in [0.1, 0.15) is 5.82 Å². The molecule has 1 aliphatic carbocycles. The van der Waals surface area contributed by atoms with Crippen LogP contribution in [0.15, 0.2) is 48.7 Å². The Morgan fingerprint density at radius 1 is 1.08 bits per heavy atom. The van der Waals surface area contributed by atoms with Crippen molar-refractivity contribution in [3.8, 4) is 11.1 Å². The standard InChI is InChI=1S/C19H19N3O2/c23-18-10-15(12-22(18)16-7-8-16)19(24)21-17-9-6-14(11-20-17)13-4-2-1-3-5-13/h1-6,9,11,15-16H,7-8,10,12H2,(H,20,21,24)/t15-/m0/s1. The van der Waals surface area contributed by atoms with Crippen molar-refractivity contribution in [2.45, 2.75) is 25.3 Å². The Balaban J connectivity index is 1.40. The Morgan fingerprint density at radius 2 is 1.88 bits per heavy atom. The van der Waals surface area contributed by atoms with Crippen LogP contribution in [0.5, 0.6) is 0 Å². The average molecular weight is 321 g/mol. The second-order valence-electron chi connectivity index (χ2n) is 6.47. The Morgan fingerprint density at radius 3 is 2.54 bits per heavy atom. The van der Waals surface area contributed by atoms with Crippen molar-refractivity contribution in [2.75, 3.05) is 11.9 Å². The van der Waals surface area contributed by atoms with Gasteiger partial charge >= 0.3 is 0 Å². The maximum atomic E-state index is 12.4. The molecule has 1 aromatic carbocycles. The smallest absolute Gasteiger partial charge is 0.230 e. The molecule has 4 rings (SSSR count). The van der Waals surface area contributed by atoms with Crippen LogP contribution in [0, 0.1) is 5.92 Å². The van der Waals surface area contributed by atoms with Crippen molar-refractivity contribution in [3.63, 3.8) is 0 Å². The van der Waals surface area contributed by atoms with Gasteiger partial charge in [-0.3, -0.25) is 9.59 Å². The van der Waals surface area contributed by atoms with Crippen molar-refractivity contribution in [2.24, 2.45) is 5.92 Å². The van der Waals surface area contributed by atoms with Crippen LogP contribution < -0.4 is 5.32 Å². The Labute approximate surface area is 140 Å². The summed E-state index contributed by atoms with van der Waals surface area (Å²) in [5.74, 6) is 0.238. The number of rotatable bonds is 4. The van der Waals surface area contributed by atoms with E-state index in [1.807, 2.05) is 41.3 Å². The number of aromatic nitrogens is 1. The molecule has 1 saturated heterocycles. The van der Waals surface area contributed by atoms with E-state index in [4.69, 9.17) is 0 Å². The summed E-state index contributed by atoms with van der Waals surface area (Å²) in [4.78, 5) is 30.5. The van der Waals surface area contributed by atoms with E-state index in [1.54, 1.807) is 12.3 Å². The van der Waals surface area contributed by atoms with Crippen molar-refractivity contribution >= 4 is 17.6 Å². The third kappa shape index (κ3) is 3.02. The number of carbonyl (C=O) groups is 2. The number of likely N-dealkylation sites (tertiary alicyclic amines) is 1. The highest BCUT2D eigenvalue weighted by atomic mass is 16.2. The van der Waals surface area contributed by atoms with E-state index < -0.39 is 0 Å². The average Bonchev–Trinajstić information content (AvgIpc) is 3.38. The molecule has 2 aliphatic rings. The van der Waals surface area contributed by atoms with Gasteiger partial charge in [0.05, 0.1) is 5.92 Å². The number of nitrogens with one attached hydrogen (secondary N) is 1. The quantitative estimate of drug-likeness (QED) is 0.942. The first kappa shape index (κ1) is 14.9. The monoisotopic (exact) mass is 321 g/mol. The first-order valence-electron chi connectivity index (χ1n) is 8.32. The minimum Gasteiger partial charge on any atom is -0.339 e. The van der Waals surface area contributed by atoms with E-state index in [1.165, 1.54) is 0 Å². The maximum absolute atomic E-state index is 12.4. The second kappa shape index (κ2) is 6.07. The molecule has 1 saturated carbocycles. The number of carbonyl (C=O) groups excluding carboxylic acids is 2. The highest BCUT2D eigenvalue weighted by Gasteiger charge is 2.41. The fourth-order valence-electron chi connectivity index (χ4n) is 3.14. The van der Waals surface area contributed by atoms with Crippen LogP contribution in [0.25, 0.3) is 11.1 Å². The molecule has 1 aliphatic heterocycles. The van der Waals surface area contributed by atoms with E-state index in [2.05, 4.69) is 10.3 Å². The summed E-state index contributed by atoms with van der Waals surface area (Å²) in [5, 5.41) is 2.83. The second-order valence-corrected chi connectivity index (χ2v) is 6.47. The van der Waals surface area contributed by atoms with E-state index in [-0.39, 0.29) is 17.7 Å². The van der Waals surface area contributed by atoms with Gasteiger partial charge in [0, 0.05) is 30.8 Å². The number of amides is 2. The molecule has 0 bridgehead atoms. The third-order valence-electron chi connectivity index (χ3n) is 4.64. The highest BCUT2D eigenvalue weighted by molar-refractivity contribution is 5.96. The Kier molecular flexibility index (Phi) is 3.76. The highest BCUT2D eigenvalue weighted by Crippen LogP contribution is 2.32. The number of nitrogens with zero attached hydrogens (tertiary/aromatic N) is 2. The molecule has 122 valence electrons. The first-order valence-corrected chi connectivity index (χ1v) is 8.32. The largest absolute Gasteiger partial charge is 0.339 e. The fourth-order valence-corrected chi connectivity index (χ4v) is 3.14. The predicted octanol–water partition coefficient (Wildman–Crippen LogP) is 2.70. The lowest BCUT2D eigenvalue weighted by molar-refractivity contribution is -0.128. The van der Waals surface area contributed by atoms with Crippen LogP contribution >= 0.6 is 0 Å². The first-order chi connectivity index (χ1) is 11.7. The lowest BCUT2D eigenvalue weighted by Crippen LogP contribution is -2.30. The summed E-state index contributed by atoms with van der Waals surface area (Å²) < 4.78 is 0. The molecule has 5 nitrogen and oxygen atoms in total. The number of hydrogen-bond acceptors (Lipinski definition) is 3. The summed E-state index contributed by atoms with van der Waals surface area (Å²) in [7, 11) is 0. The van der Waals surface area contributed by atoms with E-state index >= 15 is 0 Å². The van der Waals surface area contributed by atoms with Crippen molar-refractivity contribution < 1.29 is 9.59 Å². The zero-order valence-electron chi connectivity index (χ0n) is 13.3. The topological polar surface area (TPSA) is 62.3 Å². The van der Waals surface area contributed by atoms with Gasteiger partial charge in [-0.1, -0.05) is 30.3 Å². The normalized spacial score (nSPS) is 20.2. The summed E-state index contributed by atoms with van der Waals surface area (Å²) >= 11 is 0. The summed E-state index contributed by atoms with van der Waals surface area (Å²) in [6.07, 6.45) is 4.21.